The van der Waals surface area contributed by atoms with E-state index in [1.807, 2.05) is 24.3 Å². The molecule has 0 heterocycles. The minimum Gasteiger partial charge on any atom is -0.496 e. The van der Waals surface area contributed by atoms with Crippen molar-refractivity contribution in [3.63, 3.8) is 0 Å². The molecule has 1 aliphatic carbocycles. The SMILES string of the molecule is COc1ccccc1CC(=O)NCC1(CCN)CC1. The molecule has 0 atom stereocenters. The molecule has 0 radical (unpaired) electrons. The number of benzene rings is 1. The van der Waals surface area contributed by atoms with Gasteiger partial charge in [0.2, 0.25) is 5.91 Å². The van der Waals surface area contributed by atoms with Crippen LogP contribution in [0.4, 0.5) is 0 Å². The molecule has 4 heteroatoms. The molecule has 0 aliphatic heterocycles. The van der Waals surface area contributed by atoms with Crippen LogP contribution in [0.1, 0.15) is 24.8 Å². The van der Waals surface area contributed by atoms with Gasteiger partial charge in [0.25, 0.3) is 0 Å². The highest BCUT2D eigenvalue weighted by Gasteiger charge is 2.41. The van der Waals surface area contributed by atoms with E-state index in [9.17, 15) is 4.79 Å². The number of rotatable bonds is 7. The van der Waals surface area contributed by atoms with Gasteiger partial charge in [-0.3, -0.25) is 4.79 Å². The largest absolute Gasteiger partial charge is 0.496 e. The van der Waals surface area contributed by atoms with Gasteiger partial charge in [0.05, 0.1) is 13.5 Å². The Morgan fingerprint density at radius 2 is 2.16 bits per heavy atom. The summed E-state index contributed by atoms with van der Waals surface area (Å²) in [7, 11) is 1.62. The van der Waals surface area contributed by atoms with Crippen molar-refractivity contribution >= 4 is 5.91 Å². The Bertz CT molecular complexity index is 442. The van der Waals surface area contributed by atoms with Gasteiger partial charge in [0, 0.05) is 12.1 Å². The van der Waals surface area contributed by atoms with Crippen molar-refractivity contribution in [1.82, 2.24) is 5.32 Å². The summed E-state index contributed by atoms with van der Waals surface area (Å²) in [5.41, 5.74) is 6.80. The summed E-state index contributed by atoms with van der Waals surface area (Å²) in [6.07, 6.45) is 3.73. The van der Waals surface area contributed by atoms with Crippen LogP contribution in [-0.2, 0) is 11.2 Å². The van der Waals surface area contributed by atoms with E-state index in [0.717, 1.165) is 24.3 Å². The van der Waals surface area contributed by atoms with Crippen LogP contribution in [0.5, 0.6) is 5.75 Å². The van der Waals surface area contributed by atoms with E-state index in [1.165, 1.54) is 12.8 Å². The Balaban J connectivity index is 1.84. The van der Waals surface area contributed by atoms with Crippen molar-refractivity contribution in [2.45, 2.75) is 25.7 Å². The van der Waals surface area contributed by atoms with E-state index >= 15 is 0 Å². The van der Waals surface area contributed by atoms with Crippen LogP contribution in [0.2, 0.25) is 0 Å². The molecule has 1 saturated carbocycles. The number of hydrogen-bond acceptors (Lipinski definition) is 3. The Morgan fingerprint density at radius 1 is 1.42 bits per heavy atom. The number of nitrogens with two attached hydrogens (primary N) is 1. The van der Waals surface area contributed by atoms with Crippen LogP contribution in [0.25, 0.3) is 0 Å². The number of hydrogen-bond donors (Lipinski definition) is 2. The first kappa shape index (κ1) is 13.9. The van der Waals surface area contributed by atoms with E-state index in [4.69, 9.17) is 10.5 Å². The molecule has 1 aromatic rings. The summed E-state index contributed by atoms with van der Waals surface area (Å²) in [5, 5.41) is 3.02. The van der Waals surface area contributed by atoms with Crippen LogP contribution in [0, 0.1) is 5.41 Å². The maximum Gasteiger partial charge on any atom is 0.224 e. The second-order valence-electron chi connectivity index (χ2n) is 5.30. The van der Waals surface area contributed by atoms with Crippen LogP contribution < -0.4 is 15.8 Å². The molecule has 0 aromatic heterocycles. The molecule has 0 saturated heterocycles. The standard InChI is InChI=1S/C15H22N2O2/c1-19-13-5-3-2-4-12(13)10-14(18)17-11-15(6-7-15)8-9-16/h2-5H,6-11,16H2,1H3,(H,17,18). The highest BCUT2D eigenvalue weighted by atomic mass is 16.5. The van der Waals surface area contributed by atoms with Crippen molar-refractivity contribution in [2.75, 3.05) is 20.2 Å². The van der Waals surface area contributed by atoms with Crippen LogP contribution >= 0.6 is 0 Å². The first-order valence-electron chi connectivity index (χ1n) is 6.78. The van der Waals surface area contributed by atoms with Gasteiger partial charge in [0.1, 0.15) is 5.75 Å². The molecule has 2 rings (SSSR count). The zero-order valence-corrected chi connectivity index (χ0v) is 11.4. The Hall–Kier alpha value is -1.55. The maximum absolute atomic E-state index is 12.0. The predicted octanol–water partition coefficient (Wildman–Crippen LogP) is 1.48. The molecule has 19 heavy (non-hydrogen) atoms. The topological polar surface area (TPSA) is 64.3 Å². The van der Waals surface area contributed by atoms with Gasteiger partial charge in [0.15, 0.2) is 0 Å². The molecule has 4 nitrogen and oxygen atoms in total. The molecule has 1 aliphatic rings. The number of methoxy groups -OCH3 is 1. The first-order chi connectivity index (χ1) is 9.19. The Morgan fingerprint density at radius 3 is 2.79 bits per heavy atom. The van der Waals surface area contributed by atoms with E-state index in [-0.39, 0.29) is 11.3 Å². The molecule has 0 bridgehead atoms. The lowest BCUT2D eigenvalue weighted by atomic mass is 10.0. The third kappa shape index (κ3) is 3.70. The van der Waals surface area contributed by atoms with Crippen molar-refractivity contribution in [3.05, 3.63) is 29.8 Å². The smallest absolute Gasteiger partial charge is 0.224 e. The minimum absolute atomic E-state index is 0.0489. The molecule has 104 valence electrons. The fraction of sp³-hybridized carbons (Fsp3) is 0.533. The lowest BCUT2D eigenvalue weighted by Gasteiger charge is -2.15. The maximum atomic E-state index is 12.0. The van der Waals surface area contributed by atoms with Gasteiger partial charge in [-0.25, -0.2) is 0 Å². The van der Waals surface area contributed by atoms with Crippen molar-refractivity contribution < 1.29 is 9.53 Å². The number of ether oxygens (including phenoxy) is 1. The summed E-state index contributed by atoms with van der Waals surface area (Å²) < 4.78 is 5.25. The quantitative estimate of drug-likeness (QED) is 0.782. The number of carbonyl (C=O) groups excluding carboxylic acids is 1. The normalized spacial score (nSPS) is 15.9. The molecule has 0 spiro atoms. The van der Waals surface area contributed by atoms with E-state index in [1.54, 1.807) is 7.11 Å². The lowest BCUT2D eigenvalue weighted by Crippen LogP contribution is -2.32. The lowest BCUT2D eigenvalue weighted by molar-refractivity contribution is -0.120. The van der Waals surface area contributed by atoms with Crippen LogP contribution in [0.3, 0.4) is 0 Å². The van der Waals surface area contributed by atoms with E-state index < -0.39 is 0 Å². The van der Waals surface area contributed by atoms with Crippen molar-refractivity contribution in [3.8, 4) is 5.75 Å². The fourth-order valence-electron chi connectivity index (χ4n) is 2.37. The van der Waals surface area contributed by atoms with Crippen molar-refractivity contribution in [1.29, 1.82) is 0 Å². The first-order valence-corrected chi connectivity index (χ1v) is 6.78. The summed E-state index contributed by atoms with van der Waals surface area (Å²) in [6, 6.07) is 7.62. The highest BCUT2D eigenvalue weighted by molar-refractivity contribution is 5.79. The summed E-state index contributed by atoms with van der Waals surface area (Å²) >= 11 is 0. The zero-order chi connectivity index (χ0) is 13.7. The Kier molecular flexibility index (Phi) is 4.43. The third-order valence-corrected chi connectivity index (χ3v) is 3.84. The molecular formula is C15H22N2O2. The zero-order valence-electron chi connectivity index (χ0n) is 11.4. The average molecular weight is 262 g/mol. The molecule has 1 amide bonds. The molecule has 0 unspecified atom stereocenters. The van der Waals surface area contributed by atoms with Gasteiger partial charge in [-0.05, 0) is 37.3 Å². The van der Waals surface area contributed by atoms with E-state index in [0.29, 0.717) is 13.0 Å². The summed E-state index contributed by atoms with van der Waals surface area (Å²) in [5.74, 6) is 0.813. The van der Waals surface area contributed by atoms with Gasteiger partial charge < -0.3 is 15.8 Å². The van der Waals surface area contributed by atoms with E-state index in [2.05, 4.69) is 5.32 Å². The molecule has 1 aromatic carbocycles. The van der Waals surface area contributed by atoms with Gasteiger partial charge in [-0.15, -0.1) is 0 Å². The number of carbonyl (C=O) groups is 1. The number of nitrogens with one attached hydrogen (secondary N) is 1. The van der Waals surface area contributed by atoms with Crippen molar-refractivity contribution in [2.24, 2.45) is 11.1 Å². The molecule has 1 fully saturated rings. The second kappa shape index (κ2) is 6.06. The van der Waals surface area contributed by atoms with Crippen LogP contribution in [-0.4, -0.2) is 26.1 Å². The van der Waals surface area contributed by atoms with Gasteiger partial charge in [-0.2, -0.15) is 0 Å². The molecule has 3 N–H and O–H groups in total. The van der Waals surface area contributed by atoms with Gasteiger partial charge in [-0.1, -0.05) is 18.2 Å². The average Bonchev–Trinajstić information content (AvgIpc) is 3.18. The number of para-hydroxylation sites is 1. The molecular weight excluding hydrogens is 240 g/mol. The monoisotopic (exact) mass is 262 g/mol. The fourth-order valence-corrected chi connectivity index (χ4v) is 2.37. The van der Waals surface area contributed by atoms with Gasteiger partial charge >= 0.3 is 0 Å². The number of amides is 1. The van der Waals surface area contributed by atoms with Crippen LogP contribution in [0.15, 0.2) is 24.3 Å². The third-order valence-electron chi connectivity index (χ3n) is 3.84. The Labute approximate surface area is 114 Å². The summed E-state index contributed by atoms with van der Waals surface area (Å²) in [6.45, 7) is 1.45. The highest BCUT2D eigenvalue weighted by Crippen LogP contribution is 2.47. The minimum atomic E-state index is 0.0489. The summed E-state index contributed by atoms with van der Waals surface area (Å²) in [4.78, 5) is 12.0. The second-order valence-corrected chi connectivity index (χ2v) is 5.30. The predicted molar refractivity (Wildman–Crippen MR) is 75.0 cm³/mol.